The highest BCUT2D eigenvalue weighted by molar-refractivity contribution is 5.80. The number of aromatic nitrogens is 1. The number of halogens is 3. The molecule has 2 heterocycles. The average molecular weight is 400 g/mol. The van der Waals surface area contributed by atoms with Crippen LogP contribution in [0, 0.1) is 0 Å². The van der Waals surface area contributed by atoms with Gasteiger partial charge in [0.1, 0.15) is 11.5 Å². The van der Waals surface area contributed by atoms with Gasteiger partial charge in [0, 0.05) is 5.56 Å². The van der Waals surface area contributed by atoms with Gasteiger partial charge >= 0.3 is 6.36 Å². The number of benzene rings is 2. The third-order valence-corrected chi connectivity index (χ3v) is 4.17. The molecule has 1 aliphatic heterocycles. The van der Waals surface area contributed by atoms with Crippen molar-refractivity contribution in [2.24, 2.45) is 5.16 Å². The molecule has 8 heteroatoms. The molecule has 0 aliphatic carbocycles. The molecule has 0 unspecified atom stereocenters. The van der Waals surface area contributed by atoms with E-state index < -0.39 is 12.5 Å². The number of rotatable bonds is 4. The first-order valence-electron chi connectivity index (χ1n) is 8.74. The normalized spacial score (nSPS) is 16.1. The Kier molecular flexibility index (Phi) is 5.07. The molecular formula is C21H15F3N2O3. The Morgan fingerprint density at radius 3 is 2.28 bits per heavy atom. The fraction of sp³-hybridized carbons (Fsp3) is 0.143. The van der Waals surface area contributed by atoms with Crippen molar-refractivity contribution in [1.29, 1.82) is 0 Å². The van der Waals surface area contributed by atoms with Gasteiger partial charge in [0.2, 0.25) is 5.90 Å². The number of hydrogen-bond donors (Lipinski definition) is 0. The molecule has 5 nitrogen and oxygen atoms in total. The van der Waals surface area contributed by atoms with Gasteiger partial charge < -0.3 is 14.3 Å². The summed E-state index contributed by atoms with van der Waals surface area (Å²) >= 11 is 0. The summed E-state index contributed by atoms with van der Waals surface area (Å²) in [7, 11) is 0. The van der Waals surface area contributed by atoms with E-state index in [0.29, 0.717) is 23.6 Å². The lowest BCUT2D eigenvalue weighted by molar-refractivity contribution is -0.274. The van der Waals surface area contributed by atoms with Gasteiger partial charge in [-0.2, -0.15) is 0 Å². The van der Waals surface area contributed by atoms with Crippen LogP contribution in [0.25, 0.3) is 11.3 Å². The molecule has 2 aromatic carbocycles. The van der Waals surface area contributed by atoms with Crippen molar-refractivity contribution in [2.45, 2.75) is 18.9 Å². The van der Waals surface area contributed by atoms with E-state index in [1.165, 1.54) is 24.3 Å². The largest absolute Gasteiger partial charge is 0.573 e. The Bertz CT molecular complexity index is 988. The molecule has 0 saturated carbocycles. The zero-order valence-electron chi connectivity index (χ0n) is 15.0. The number of oxime groups is 1. The van der Waals surface area contributed by atoms with Crippen LogP contribution in [0.5, 0.6) is 11.5 Å². The molecule has 0 fully saturated rings. The molecule has 1 atom stereocenters. The Balaban J connectivity index is 1.35. The van der Waals surface area contributed by atoms with Crippen LogP contribution >= 0.6 is 0 Å². The van der Waals surface area contributed by atoms with E-state index in [0.717, 1.165) is 11.3 Å². The van der Waals surface area contributed by atoms with E-state index in [4.69, 9.17) is 9.57 Å². The molecule has 0 spiro atoms. The van der Waals surface area contributed by atoms with Crippen LogP contribution < -0.4 is 9.47 Å². The molecular weight excluding hydrogens is 385 g/mol. The number of alkyl halides is 3. The van der Waals surface area contributed by atoms with E-state index in [-0.39, 0.29) is 5.75 Å². The lowest BCUT2D eigenvalue weighted by Gasteiger charge is -2.11. The van der Waals surface area contributed by atoms with Crippen LogP contribution in [-0.2, 0) is 4.84 Å². The maximum atomic E-state index is 12.2. The Labute approximate surface area is 164 Å². The zero-order chi connectivity index (χ0) is 20.3. The van der Waals surface area contributed by atoms with Crippen LogP contribution in [0.2, 0.25) is 0 Å². The first kappa shape index (κ1) is 18.8. The van der Waals surface area contributed by atoms with E-state index in [1.54, 1.807) is 12.3 Å². The number of ether oxygens (including phenoxy) is 2. The van der Waals surface area contributed by atoms with E-state index in [2.05, 4.69) is 14.9 Å². The Morgan fingerprint density at radius 2 is 1.62 bits per heavy atom. The van der Waals surface area contributed by atoms with Crippen LogP contribution in [0.3, 0.4) is 0 Å². The highest BCUT2D eigenvalue weighted by atomic mass is 19.4. The zero-order valence-corrected chi connectivity index (χ0v) is 15.0. The second kappa shape index (κ2) is 7.83. The monoisotopic (exact) mass is 400 g/mol. The summed E-state index contributed by atoms with van der Waals surface area (Å²) in [6, 6.07) is 18.8. The topological polar surface area (TPSA) is 52.9 Å². The minimum Gasteiger partial charge on any atom is -0.438 e. The predicted octanol–water partition coefficient (Wildman–Crippen LogP) is 5.50. The van der Waals surface area contributed by atoms with Crippen LogP contribution in [-0.4, -0.2) is 17.2 Å². The Hall–Kier alpha value is -3.55. The second-order valence-corrected chi connectivity index (χ2v) is 6.25. The molecule has 0 bridgehead atoms. The predicted molar refractivity (Wildman–Crippen MR) is 99.3 cm³/mol. The molecule has 4 rings (SSSR count). The summed E-state index contributed by atoms with van der Waals surface area (Å²) in [5, 5.41) is 3.91. The van der Waals surface area contributed by atoms with Gasteiger partial charge in [-0.1, -0.05) is 47.6 Å². The summed E-state index contributed by atoms with van der Waals surface area (Å²) in [5.74, 6) is 0.586. The van der Waals surface area contributed by atoms with Gasteiger partial charge in [0.05, 0.1) is 18.3 Å². The summed E-state index contributed by atoms with van der Waals surface area (Å²) in [6.45, 7) is 0. The van der Waals surface area contributed by atoms with Gasteiger partial charge in [0.25, 0.3) is 0 Å². The van der Waals surface area contributed by atoms with Crippen LogP contribution in [0.15, 0.2) is 78.1 Å². The summed E-state index contributed by atoms with van der Waals surface area (Å²) < 4.78 is 46.3. The first-order chi connectivity index (χ1) is 14.0. The lowest BCUT2D eigenvalue weighted by Crippen LogP contribution is -2.17. The highest BCUT2D eigenvalue weighted by Gasteiger charge is 2.31. The summed E-state index contributed by atoms with van der Waals surface area (Å²) in [4.78, 5) is 9.72. The quantitative estimate of drug-likeness (QED) is 0.580. The van der Waals surface area contributed by atoms with Crippen LogP contribution in [0.4, 0.5) is 13.2 Å². The van der Waals surface area contributed by atoms with Crippen molar-refractivity contribution in [3.63, 3.8) is 0 Å². The molecule has 3 aromatic rings. The molecule has 1 aromatic heterocycles. The van der Waals surface area contributed by atoms with Gasteiger partial charge in [-0.3, -0.25) is 4.98 Å². The molecule has 0 amide bonds. The van der Waals surface area contributed by atoms with Crippen molar-refractivity contribution in [3.8, 4) is 22.8 Å². The molecule has 148 valence electrons. The number of hydrogen-bond acceptors (Lipinski definition) is 5. The minimum absolute atomic E-state index is 0.291. The third kappa shape index (κ3) is 4.84. The first-order valence-corrected chi connectivity index (χ1v) is 8.74. The molecule has 0 N–H and O–H groups in total. The van der Waals surface area contributed by atoms with Crippen molar-refractivity contribution in [2.75, 3.05) is 0 Å². The smallest absolute Gasteiger partial charge is 0.438 e. The lowest BCUT2D eigenvalue weighted by atomic mass is 10.1. The molecule has 0 radical (unpaired) electrons. The molecule has 1 aliphatic rings. The second-order valence-electron chi connectivity index (χ2n) is 6.25. The van der Waals surface area contributed by atoms with E-state index >= 15 is 0 Å². The summed E-state index contributed by atoms with van der Waals surface area (Å²) in [6.07, 6.45) is -3.22. The number of pyridine rings is 1. The standard InChI is InChI=1S/C21H15F3N2O3/c22-21(23,24)28-16-8-6-15(7-9-16)19-12-20(26-29-19)27-17-10-11-18(25-13-17)14-4-2-1-3-5-14/h1-11,13,19H,12H2/t19-/m1/s1. The van der Waals surface area contributed by atoms with Gasteiger partial charge in [-0.05, 0) is 29.8 Å². The fourth-order valence-electron chi connectivity index (χ4n) is 2.84. The van der Waals surface area contributed by atoms with Crippen molar-refractivity contribution in [1.82, 2.24) is 4.98 Å². The van der Waals surface area contributed by atoms with Crippen LogP contribution in [0.1, 0.15) is 18.1 Å². The van der Waals surface area contributed by atoms with Gasteiger partial charge in [0.15, 0.2) is 6.10 Å². The molecule has 29 heavy (non-hydrogen) atoms. The van der Waals surface area contributed by atoms with Crippen molar-refractivity contribution in [3.05, 3.63) is 78.5 Å². The molecule has 0 saturated heterocycles. The third-order valence-electron chi connectivity index (χ3n) is 4.17. The SMILES string of the molecule is FC(F)(F)Oc1ccc([C@H]2CC(Oc3ccc(-c4ccccc4)nc3)=NO2)cc1. The van der Waals surface area contributed by atoms with Crippen molar-refractivity contribution < 1.29 is 27.5 Å². The minimum atomic E-state index is -4.72. The maximum absolute atomic E-state index is 12.2. The fourth-order valence-corrected chi connectivity index (χ4v) is 2.84. The van der Waals surface area contributed by atoms with Gasteiger partial charge in [-0.25, -0.2) is 0 Å². The maximum Gasteiger partial charge on any atom is 0.573 e. The highest BCUT2D eigenvalue weighted by Crippen LogP contribution is 2.31. The van der Waals surface area contributed by atoms with E-state index in [1.807, 2.05) is 36.4 Å². The van der Waals surface area contributed by atoms with E-state index in [9.17, 15) is 13.2 Å². The van der Waals surface area contributed by atoms with Gasteiger partial charge in [-0.15, -0.1) is 13.2 Å². The average Bonchev–Trinajstić information content (AvgIpc) is 3.17. The van der Waals surface area contributed by atoms with Crippen molar-refractivity contribution >= 4 is 5.90 Å². The summed E-state index contributed by atoms with van der Waals surface area (Å²) in [5.41, 5.74) is 2.49. The number of nitrogens with zero attached hydrogens (tertiary/aromatic N) is 2. The Morgan fingerprint density at radius 1 is 0.897 bits per heavy atom.